The van der Waals surface area contributed by atoms with Crippen molar-refractivity contribution < 1.29 is 4.39 Å². The summed E-state index contributed by atoms with van der Waals surface area (Å²) in [6, 6.07) is 1.59. The minimum Gasteiger partial charge on any atom is -0.379 e. The summed E-state index contributed by atoms with van der Waals surface area (Å²) in [5, 5.41) is 1.07. The van der Waals surface area contributed by atoms with E-state index in [1.54, 1.807) is 17.8 Å². The van der Waals surface area contributed by atoms with Gasteiger partial charge in [0.25, 0.3) is 0 Å². The molecule has 0 spiro atoms. The zero-order valence-corrected chi connectivity index (χ0v) is 10.6. The zero-order valence-electron chi connectivity index (χ0n) is 8.23. The van der Waals surface area contributed by atoms with Crippen LogP contribution in [-0.2, 0) is 0 Å². The monoisotopic (exact) mass is 301 g/mol. The third-order valence-corrected chi connectivity index (χ3v) is 4.50. The van der Waals surface area contributed by atoms with Gasteiger partial charge in [-0.1, -0.05) is 11.8 Å². The maximum atomic E-state index is 13.6. The Morgan fingerprint density at radius 3 is 3.19 bits per heavy atom. The highest BCUT2D eigenvalue weighted by molar-refractivity contribution is 9.10. The molecule has 0 saturated heterocycles. The molecule has 3 nitrogen and oxygen atoms in total. The lowest BCUT2D eigenvalue weighted by molar-refractivity contribution is 0.525. The standard InChI is InChI=1S/C10H9BrFN3S/c11-4-1-6(9(12)14-3-4)8-5-2-7(5)16-10(13)15-8/h1,3,5,7-8H,2H2,(H2,13,15). The number of nitrogens with zero attached hydrogens (tertiary/aromatic N) is 2. The summed E-state index contributed by atoms with van der Waals surface area (Å²) in [5.41, 5.74) is 6.27. The molecule has 0 amide bonds. The fourth-order valence-electron chi connectivity index (χ4n) is 2.02. The number of rotatable bonds is 1. The lowest BCUT2D eigenvalue weighted by Gasteiger charge is -2.18. The molecular weight excluding hydrogens is 293 g/mol. The maximum Gasteiger partial charge on any atom is 0.218 e. The van der Waals surface area contributed by atoms with Crippen LogP contribution in [0.1, 0.15) is 18.0 Å². The summed E-state index contributed by atoms with van der Waals surface area (Å²) in [4.78, 5) is 8.04. The van der Waals surface area contributed by atoms with Crippen molar-refractivity contribution in [1.29, 1.82) is 0 Å². The molecule has 3 atom stereocenters. The summed E-state index contributed by atoms with van der Waals surface area (Å²) < 4.78 is 14.4. The predicted octanol–water partition coefficient (Wildman–Crippen LogP) is 2.47. The molecule has 3 unspecified atom stereocenters. The summed E-state index contributed by atoms with van der Waals surface area (Å²) in [7, 11) is 0. The molecule has 2 heterocycles. The van der Waals surface area contributed by atoms with Crippen LogP contribution in [0, 0.1) is 11.9 Å². The molecule has 3 rings (SSSR count). The molecule has 84 valence electrons. The van der Waals surface area contributed by atoms with Crippen LogP contribution in [0.2, 0.25) is 0 Å². The first-order valence-electron chi connectivity index (χ1n) is 4.96. The van der Waals surface area contributed by atoms with Gasteiger partial charge in [0.2, 0.25) is 5.95 Å². The number of pyridine rings is 1. The number of aliphatic imine (C=N–C) groups is 1. The van der Waals surface area contributed by atoms with Crippen molar-refractivity contribution in [3.05, 3.63) is 28.2 Å². The molecule has 1 aromatic heterocycles. The first-order chi connectivity index (χ1) is 7.65. The van der Waals surface area contributed by atoms with E-state index >= 15 is 0 Å². The van der Waals surface area contributed by atoms with Crippen LogP contribution >= 0.6 is 27.7 Å². The third-order valence-electron chi connectivity index (χ3n) is 2.87. The van der Waals surface area contributed by atoms with Gasteiger partial charge in [0.05, 0.1) is 6.04 Å². The van der Waals surface area contributed by atoms with Gasteiger partial charge in [0, 0.05) is 21.5 Å². The minimum atomic E-state index is -0.442. The van der Waals surface area contributed by atoms with Crippen LogP contribution < -0.4 is 5.73 Å². The van der Waals surface area contributed by atoms with Gasteiger partial charge in [-0.3, -0.25) is 4.99 Å². The van der Waals surface area contributed by atoms with Crippen molar-refractivity contribution in [2.75, 3.05) is 0 Å². The number of thioether (sulfide) groups is 1. The van der Waals surface area contributed by atoms with E-state index in [0.29, 0.717) is 21.9 Å². The van der Waals surface area contributed by atoms with E-state index in [-0.39, 0.29) is 6.04 Å². The Kier molecular flexibility index (Phi) is 2.43. The Balaban J connectivity index is 2.02. The van der Waals surface area contributed by atoms with E-state index < -0.39 is 5.95 Å². The lowest BCUT2D eigenvalue weighted by Crippen LogP contribution is -2.18. The summed E-state index contributed by atoms with van der Waals surface area (Å²) >= 11 is 4.89. The first kappa shape index (κ1) is 10.5. The van der Waals surface area contributed by atoms with Crippen LogP contribution in [0.5, 0.6) is 0 Å². The fraction of sp³-hybridized carbons (Fsp3) is 0.400. The fourth-order valence-corrected chi connectivity index (χ4v) is 3.50. The molecule has 0 aromatic carbocycles. The largest absolute Gasteiger partial charge is 0.379 e. The first-order valence-corrected chi connectivity index (χ1v) is 6.63. The van der Waals surface area contributed by atoms with Crippen molar-refractivity contribution in [2.24, 2.45) is 16.6 Å². The van der Waals surface area contributed by atoms with Crippen LogP contribution in [0.15, 0.2) is 21.7 Å². The van der Waals surface area contributed by atoms with Gasteiger partial charge in [-0.2, -0.15) is 4.39 Å². The smallest absolute Gasteiger partial charge is 0.218 e. The predicted molar refractivity (Wildman–Crippen MR) is 65.7 cm³/mol. The SMILES string of the molecule is NC1=NC(c2cc(Br)cnc2F)C2CC2S1. The second kappa shape index (κ2) is 3.70. The van der Waals surface area contributed by atoms with Crippen LogP contribution in [0.3, 0.4) is 0 Å². The topological polar surface area (TPSA) is 51.3 Å². The van der Waals surface area contributed by atoms with E-state index in [1.807, 2.05) is 0 Å². The third kappa shape index (κ3) is 1.73. The van der Waals surface area contributed by atoms with E-state index in [4.69, 9.17) is 5.73 Å². The molecule has 0 radical (unpaired) electrons. The normalized spacial score (nSPS) is 31.9. The van der Waals surface area contributed by atoms with Crippen LogP contribution in [0.4, 0.5) is 4.39 Å². The highest BCUT2D eigenvalue weighted by atomic mass is 79.9. The Labute approximate surface area is 105 Å². The van der Waals surface area contributed by atoms with Crippen LogP contribution in [-0.4, -0.2) is 15.4 Å². The Morgan fingerprint density at radius 1 is 1.56 bits per heavy atom. The number of hydrogen-bond acceptors (Lipinski definition) is 4. The Hall–Kier alpha value is -0.620. The molecule has 6 heteroatoms. The number of hydrogen-bond donors (Lipinski definition) is 1. The van der Waals surface area contributed by atoms with Gasteiger partial charge in [0.15, 0.2) is 5.17 Å². The van der Waals surface area contributed by atoms with Crippen molar-refractivity contribution >= 4 is 32.9 Å². The molecule has 1 aromatic rings. The highest BCUT2D eigenvalue weighted by Gasteiger charge is 2.48. The molecular formula is C10H9BrFN3S. The van der Waals surface area contributed by atoms with Crippen LogP contribution in [0.25, 0.3) is 0 Å². The van der Waals surface area contributed by atoms with Gasteiger partial charge in [-0.25, -0.2) is 4.98 Å². The Bertz CT molecular complexity index is 479. The number of fused-ring (bicyclic) bond motifs is 1. The number of aromatic nitrogens is 1. The van der Waals surface area contributed by atoms with Gasteiger partial charge in [-0.05, 0) is 34.3 Å². The van der Waals surface area contributed by atoms with Crippen molar-refractivity contribution in [3.8, 4) is 0 Å². The van der Waals surface area contributed by atoms with E-state index in [1.165, 1.54) is 6.20 Å². The van der Waals surface area contributed by atoms with Gasteiger partial charge < -0.3 is 5.73 Å². The highest BCUT2D eigenvalue weighted by Crippen LogP contribution is 2.54. The number of halogens is 2. The molecule has 16 heavy (non-hydrogen) atoms. The average Bonchev–Trinajstić information content (AvgIpc) is 2.99. The molecule has 1 aliphatic carbocycles. The molecule has 1 fully saturated rings. The zero-order chi connectivity index (χ0) is 11.3. The van der Waals surface area contributed by atoms with E-state index in [2.05, 4.69) is 25.9 Å². The summed E-state index contributed by atoms with van der Waals surface area (Å²) in [5.74, 6) is -0.0230. The van der Waals surface area contributed by atoms with E-state index in [0.717, 1.165) is 10.9 Å². The lowest BCUT2D eigenvalue weighted by atomic mass is 10.1. The molecule has 1 saturated carbocycles. The molecule has 2 aliphatic rings. The second-order valence-electron chi connectivity index (χ2n) is 4.00. The molecule has 2 N–H and O–H groups in total. The molecule has 1 aliphatic heterocycles. The number of nitrogens with two attached hydrogens (primary N) is 1. The van der Waals surface area contributed by atoms with Crippen molar-refractivity contribution in [2.45, 2.75) is 17.7 Å². The maximum absolute atomic E-state index is 13.6. The minimum absolute atomic E-state index is 0.156. The average molecular weight is 302 g/mol. The van der Waals surface area contributed by atoms with Crippen molar-refractivity contribution in [3.63, 3.8) is 0 Å². The van der Waals surface area contributed by atoms with E-state index in [9.17, 15) is 4.39 Å². The Morgan fingerprint density at radius 2 is 2.38 bits per heavy atom. The second-order valence-corrected chi connectivity index (χ2v) is 6.18. The van der Waals surface area contributed by atoms with Gasteiger partial charge in [-0.15, -0.1) is 0 Å². The summed E-state index contributed by atoms with van der Waals surface area (Å²) in [6.45, 7) is 0. The molecule has 0 bridgehead atoms. The quantitative estimate of drug-likeness (QED) is 0.811. The van der Waals surface area contributed by atoms with Crippen molar-refractivity contribution in [1.82, 2.24) is 4.98 Å². The van der Waals surface area contributed by atoms with Gasteiger partial charge in [0.1, 0.15) is 0 Å². The van der Waals surface area contributed by atoms with Gasteiger partial charge >= 0.3 is 0 Å². The number of amidine groups is 1. The summed E-state index contributed by atoms with van der Waals surface area (Å²) in [6.07, 6.45) is 2.51.